The number of rotatable bonds is 6. The number of nitrogens with zero attached hydrogens (tertiary/aromatic N) is 2. The van der Waals surface area contributed by atoms with Gasteiger partial charge in [-0.1, -0.05) is 48.6 Å². The first kappa shape index (κ1) is 19.9. The van der Waals surface area contributed by atoms with Crippen LogP contribution in [0.1, 0.15) is 22.4 Å². The lowest BCUT2D eigenvalue weighted by Crippen LogP contribution is -2.31. The highest BCUT2D eigenvalue weighted by molar-refractivity contribution is 5.75. The molecular weight excluding hydrogens is 404 g/mol. The van der Waals surface area contributed by atoms with E-state index in [4.69, 9.17) is 14.2 Å². The van der Waals surface area contributed by atoms with E-state index in [1.54, 1.807) is 27.7 Å². The van der Waals surface area contributed by atoms with Gasteiger partial charge in [-0.3, -0.25) is 5.10 Å². The Kier molecular flexibility index (Phi) is 4.93. The highest BCUT2D eigenvalue weighted by Crippen LogP contribution is 2.50. The van der Waals surface area contributed by atoms with Crippen molar-refractivity contribution >= 4 is 6.08 Å². The number of methoxy groups -OCH3 is 3. The number of hydrogen-bond acceptors (Lipinski definition) is 5. The summed E-state index contributed by atoms with van der Waals surface area (Å²) in [5.74, 6) is 1.85. The third kappa shape index (κ3) is 2.97. The molecule has 5 rings (SSSR count). The molecule has 1 atom stereocenters. The van der Waals surface area contributed by atoms with E-state index < -0.39 is 5.41 Å². The zero-order valence-electron chi connectivity index (χ0n) is 18.2. The summed E-state index contributed by atoms with van der Waals surface area (Å²) >= 11 is 0. The normalized spacial score (nSPS) is 17.1. The highest BCUT2D eigenvalue weighted by atomic mass is 16.5. The van der Waals surface area contributed by atoms with Crippen LogP contribution in [-0.4, -0.2) is 41.5 Å². The monoisotopic (exact) mass is 428 g/mol. The molecule has 1 unspecified atom stereocenters. The maximum Gasteiger partial charge on any atom is 0.203 e. The Bertz CT molecular complexity index is 1260. The third-order valence-corrected chi connectivity index (χ3v) is 6.09. The number of benzene rings is 2. The van der Waals surface area contributed by atoms with E-state index in [0.717, 1.165) is 33.8 Å². The number of aromatic nitrogens is 4. The van der Waals surface area contributed by atoms with E-state index in [0.29, 0.717) is 23.7 Å². The molecule has 7 nitrogen and oxygen atoms in total. The van der Waals surface area contributed by atoms with E-state index >= 15 is 0 Å². The number of aromatic amines is 2. The Morgan fingerprint density at radius 3 is 2.44 bits per heavy atom. The molecule has 2 aromatic heterocycles. The van der Waals surface area contributed by atoms with Crippen LogP contribution in [0, 0.1) is 0 Å². The van der Waals surface area contributed by atoms with Crippen molar-refractivity contribution < 1.29 is 14.2 Å². The van der Waals surface area contributed by atoms with Crippen LogP contribution in [0.3, 0.4) is 0 Å². The molecule has 2 N–H and O–H groups in total. The lowest BCUT2D eigenvalue weighted by Gasteiger charge is -2.36. The van der Waals surface area contributed by atoms with Crippen molar-refractivity contribution in [2.75, 3.05) is 21.3 Å². The number of imidazole rings is 1. The van der Waals surface area contributed by atoms with Crippen LogP contribution in [0.2, 0.25) is 0 Å². The van der Waals surface area contributed by atoms with Crippen LogP contribution in [0.4, 0.5) is 0 Å². The molecule has 0 fully saturated rings. The van der Waals surface area contributed by atoms with E-state index in [-0.39, 0.29) is 0 Å². The fourth-order valence-corrected chi connectivity index (χ4v) is 4.58. The Hall–Kier alpha value is -4.00. The summed E-state index contributed by atoms with van der Waals surface area (Å²) in [7, 11) is 4.90. The predicted octanol–water partition coefficient (Wildman–Crippen LogP) is 4.38. The van der Waals surface area contributed by atoms with Crippen LogP contribution < -0.4 is 14.2 Å². The van der Waals surface area contributed by atoms with Gasteiger partial charge in [0.2, 0.25) is 5.75 Å². The van der Waals surface area contributed by atoms with Crippen LogP contribution in [0.25, 0.3) is 17.5 Å². The van der Waals surface area contributed by atoms with E-state index in [1.807, 2.05) is 24.4 Å². The van der Waals surface area contributed by atoms with E-state index in [9.17, 15) is 0 Å². The number of fused-ring (bicyclic) bond motifs is 1. The molecule has 0 saturated heterocycles. The fraction of sp³-hybridized carbons (Fsp3) is 0.200. The number of hydrogen-bond donors (Lipinski definition) is 2. The zero-order chi connectivity index (χ0) is 22.1. The highest BCUT2D eigenvalue weighted by Gasteiger charge is 2.40. The maximum absolute atomic E-state index is 5.88. The lowest BCUT2D eigenvalue weighted by atomic mass is 9.68. The fourth-order valence-electron chi connectivity index (χ4n) is 4.58. The molecule has 0 radical (unpaired) electrons. The minimum Gasteiger partial charge on any atom is -0.493 e. The number of allylic oxidation sites excluding steroid dienone is 1. The molecule has 162 valence electrons. The minimum absolute atomic E-state index is 0.492. The Labute approximate surface area is 186 Å². The van der Waals surface area contributed by atoms with Crippen LogP contribution in [-0.2, 0) is 11.8 Å². The van der Waals surface area contributed by atoms with Gasteiger partial charge in [-0.25, -0.2) is 4.98 Å². The molecular formula is C25H24N4O3. The molecule has 7 heteroatoms. The quantitative estimate of drug-likeness (QED) is 0.476. The van der Waals surface area contributed by atoms with Gasteiger partial charge in [0, 0.05) is 34.9 Å². The third-order valence-electron chi connectivity index (χ3n) is 6.09. The van der Waals surface area contributed by atoms with Gasteiger partial charge in [-0.05, 0) is 11.6 Å². The molecule has 0 spiro atoms. The molecule has 2 heterocycles. The Balaban J connectivity index is 1.73. The Morgan fingerprint density at radius 1 is 0.938 bits per heavy atom. The number of nitrogens with one attached hydrogen (secondary N) is 2. The van der Waals surface area contributed by atoms with Gasteiger partial charge in [0.25, 0.3) is 0 Å². The second-order valence-corrected chi connectivity index (χ2v) is 7.65. The largest absolute Gasteiger partial charge is 0.493 e. The van der Waals surface area contributed by atoms with Gasteiger partial charge < -0.3 is 19.2 Å². The van der Waals surface area contributed by atoms with Gasteiger partial charge in [0.05, 0.1) is 27.7 Å². The molecule has 2 aromatic carbocycles. The summed E-state index contributed by atoms with van der Waals surface area (Å²) in [5.41, 5.74) is 5.36. The maximum atomic E-state index is 5.88. The van der Waals surface area contributed by atoms with Crippen molar-refractivity contribution in [3.05, 3.63) is 83.4 Å². The van der Waals surface area contributed by atoms with Gasteiger partial charge >= 0.3 is 0 Å². The summed E-state index contributed by atoms with van der Waals surface area (Å²) in [6.07, 6.45) is 8.52. The Morgan fingerprint density at radius 2 is 1.75 bits per heavy atom. The van der Waals surface area contributed by atoms with Crippen molar-refractivity contribution in [2.45, 2.75) is 11.8 Å². The average Bonchev–Trinajstić information content (AvgIpc) is 3.52. The zero-order valence-corrected chi connectivity index (χ0v) is 18.2. The molecule has 1 aliphatic rings. The summed E-state index contributed by atoms with van der Waals surface area (Å²) < 4.78 is 17.1. The summed E-state index contributed by atoms with van der Waals surface area (Å²) in [6.45, 7) is 0. The van der Waals surface area contributed by atoms with Crippen LogP contribution >= 0.6 is 0 Å². The second kappa shape index (κ2) is 7.92. The first-order valence-electron chi connectivity index (χ1n) is 10.3. The van der Waals surface area contributed by atoms with Crippen LogP contribution in [0.5, 0.6) is 17.2 Å². The molecule has 32 heavy (non-hydrogen) atoms. The van der Waals surface area contributed by atoms with Crippen molar-refractivity contribution in [1.82, 2.24) is 20.2 Å². The molecule has 1 aliphatic carbocycles. The minimum atomic E-state index is -0.492. The average molecular weight is 428 g/mol. The SMILES string of the molecule is COc1ccc(C2(c3ccccc3)C=Cc3c(-c4c[nH]cn4)n[nH]c3C2)c(OC)c1OC. The van der Waals surface area contributed by atoms with Crippen LogP contribution in [0.15, 0.2) is 61.1 Å². The molecule has 4 aromatic rings. The van der Waals surface area contributed by atoms with Gasteiger partial charge in [0.15, 0.2) is 11.5 Å². The second-order valence-electron chi connectivity index (χ2n) is 7.65. The van der Waals surface area contributed by atoms with E-state index in [1.165, 1.54) is 0 Å². The van der Waals surface area contributed by atoms with Crippen molar-refractivity contribution in [3.63, 3.8) is 0 Å². The number of H-pyrrole nitrogens is 2. The molecule has 0 bridgehead atoms. The standard InChI is InChI=1S/C25H24N4O3/c1-30-21-10-9-18(23(31-2)24(21)32-3)25(16-7-5-4-6-8-16)12-11-17-19(13-25)28-29-22(17)20-14-26-15-27-20/h4-12,14-15H,13H2,1-3H3,(H,26,27)(H,28,29). The van der Waals surface area contributed by atoms with Gasteiger partial charge in [-0.15, -0.1) is 0 Å². The van der Waals surface area contributed by atoms with Crippen molar-refractivity contribution in [2.24, 2.45) is 0 Å². The van der Waals surface area contributed by atoms with E-state index in [2.05, 4.69) is 56.6 Å². The summed E-state index contributed by atoms with van der Waals surface area (Å²) in [6, 6.07) is 14.4. The smallest absolute Gasteiger partial charge is 0.203 e. The predicted molar refractivity (Wildman–Crippen MR) is 122 cm³/mol. The summed E-state index contributed by atoms with van der Waals surface area (Å²) in [4.78, 5) is 7.37. The summed E-state index contributed by atoms with van der Waals surface area (Å²) in [5, 5.41) is 7.81. The molecule has 0 saturated carbocycles. The topological polar surface area (TPSA) is 85.1 Å². The first-order valence-corrected chi connectivity index (χ1v) is 10.3. The molecule has 0 aliphatic heterocycles. The molecule has 0 amide bonds. The van der Waals surface area contributed by atoms with Crippen molar-refractivity contribution in [3.8, 4) is 28.6 Å². The number of ether oxygens (including phenoxy) is 3. The first-order chi connectivity index (χ1) is 15.7. The van der Waals surface area contributed by atoms with Crippen molar-refractivity contribution in [1.29, 1.82) is 0 Å². The van der Waals surface area contributed by atoms with Gasteiger partial charge in [0.1, 0.15) is 11.4 Å². The van der Waals surface area contributed by atoms with Gasteiger partial charge in [-0.2, -0.15) is 5.10 Å². The lowest BCUT2D eigenvalue weighted by molar-refractivity contribution is 0.319.